The first kappa shape index (κ1) is 15.7. The molecule has 2 nitrogen and oxygen atoms in total. The van der Waals surface area contributed by atoms with Crippen molar-refractivity contribution < 1.29 is 4.79 Å². The summed E-state index contributed by atoms with van der Waals surface area (Å²) in [5.41, 5.74) is 4.99. The number of fused-ring (bicyclic) bond motifs is 2. The van der Waals surface area contributed by atoms with Crippen LogP contribution in [-0.2, 0) is 0 Å². The standard InChI is InChI=1S/C22H17NOS/c1-15-6-8-16(9-7-15)10-12-20(24)17-11-13-22-19(14-17)23-18-4-2-3-5-21(18)25-22/h2-14,23H,1H3/b12-10+. The average Bonchev–Trinajstić information content (AvgIpc) is 2.65. The normalized spacial score (nSPS) is 12.4. The first-order valence-electron chi connectivity index (χ1n) is 8.16. The molecule has 3 heteroatoms. The van der Waals surface area contributed by atoms with Crippen molar-refractivity contribution in [3.05, 3.63) is 89.5 Å². The molecule has 1 N–H and O–H groups in total. The largest absolute Gasteiger partial charge is 0.354 e. The number of para-hydroxylation sites is 1. The van der Waals surface area contributed by atoms with E-state index in [9.17, 15) is 4.79 Å². The van der Waals surface area contributed by atoms with E-state index in [0.717, 1.165) is 21.8 Å². The summed E-state index contributed by atoms with van der Waals surface area (Å²) in [5.74, 6) is 0.00836. The Bertz CT molecular complexity index is 974. The lowest BCUT2D eigenvalue weighted by Crippen LogP contribution is -2.02. The highest BCUT2D eigenvalue weighted by Gasteiger charge is 2.16. The third kappa shape index (κ3) is 3.37. The lowest BCUT2D eigenvalue weighted by atomic mass is 10.1. The zero-order valence-electron chi connectivity index (χ0n) is 13.8. The van der Waals surface area contributed by atoms with Crippen LogP contribution in [0.15, 0.2) is 82.6 Å². The fraction of sp³-hybridized carbons (Fsp3) is 0.0455. The highest BCUT2D eigenvalue weighted by molar-refractivity contribution is 7.99. The van der Waals surface area contributed by atoms with Crippen LogP contribution in [0.3, 0.4) is 0 Å². The molecule has 0 fully saturated rings. The molecule has 0 amide bonds. The molecule has 1 heterocycles. The van der Waals surface area contributed by atoms with E-state index in [2.05, 4.69) is 24.4 Å². The molecule has 0 bridgehead atoms. The van der Waals surface area contributed by atoms with E-state index in [1.54, 1.807) is 17.8 Å². The van der Waals surface area contributed by atoms with E-state index in [1.165, 1.54) is 10.5 Å². The summed E-state index contributed by atoms with van der Waals surface area (Å²) < 4.78 is 0. The van der Waals surface area contributed by atoms with Crippen molar-refractivity contribution in [2.75, 3.05) is 5.32 Å². The molecule has 1 aliphatic heterocycles. The molecular weight excluding hydrogens is 326 g/mol. The number of rotatable bonds is 3. The third-order valence-corrected chi connectivity index (χ3v) is 5.30. The molecule has 0 atom stereocenters. The van der Waals surface area contributed by atoms with E-state index < -0.39 is 0 Å². The number of ketones is 1. The van der Waals surface area contributed by atoms with Crippen molar-refractivity contribution in [2.45, 2.75) is 16.7 Å². The Kier molecular flexibility index (Phi) is 4.16. The van der Waals surface area contributed by atoms with Gasteiger partial charge < -0.3 is 5.32 Å². The van der Waals surface area contributed by atoms with Crippen molar-refractivity contribution >= 4 is 35.0 Å². The maximum absolute atomic E-state index is 12.5. The van der Waals surface area contributed by atoms with E-state index in [4.69, 9.17) is 0 Å². The van der Waals surface area contributed by atoms with Gasteiger partial charge in [-0.15, -0.1) is 0 Å². The zero-order chi connectivity index (χ0) is 17.2. The van der Waals surface area contributed by atoms with Crippen LogP contribution in [0, 0.1) is 6.92 Å². The monoisotopic (exact) mass is 343 g/mol. The number of hydrogen-bond donors (Lipinski definition) is 1. The lowest BCUT2D eigenvalue weighted by Gasteiger charge is -2.20. The minimum Gasteiger partial charge on any atom is -0.354 e. The number of nitrogens with one attached hydrogen (secondary N) is 1. The fourth-order valence-corrected chi connectivity index (χ4v) is 3.71. The van der Waals surface area contributed by atoms with Crippen LogP contribution in [0.25, 0.3) is 6.08 Å². The second-order valence-corrected chi connectivity index (χ2v) is 7.13. The van der Waals surface area contributed by atoms with E-state index in [1.807, 2.05) is 60.7 Å². The van der Waals surface area contributed by atoms with Gasteiger partial charge in [-0.3, -0.25) is 4.79 Å². The number of allylic oxidation sites excluding steroid dienone is 1. The molecule has 122 valence electrons. The van der Waals surface area contributed by atoms with E-state index in [-0.39, 0.29) is 5.78 Å². The second-order valence-electron chi connectivity index (χ2n) is 6.04. The molecule has 0 spiro atoms. The maximum Gasteiger partial charge on any atom is 0.185 e. The minimum absolute atomic E-state index is 0.00836. The summed E-state index contributed by atoms with van der Waals surface area (Å²) in [6, 6.07) is 22.1. The maximum atomic E-state index is 12.5. The molecule has 1 aliphatic rings. The molecule has 0 saturated carbocycles. The molecule has 0 unspecified atom stereocenters. The van der Waals surface area contributed by atoms with Crippen molar-refractivity contribution in [1.29, 1.82) is 0 Å². The van der Waals surface area contributed by atoms with E-state index >= 15 is 0 Å². The molecule has 0 radical (unpaired) electrons. The van der Waals surface area contributed by atoms with Gasteiger partial charge in [-0.25, -0.2) is 0 Å². The summed E-state index contributed by atoms with van der Waals surface area (Å²) in [6.07, 6.45) is 3.50. The van der Waals surface area contributed by atoms with Gasteiger partial charge in [-0.1, -0.05) is 59.8 Å². The third-order valence-electron chi connectivity index (χ3n) is 4.14. The number of carbonyl (C=O) groups is 1. The highest BCUT2D eigenvalue weighted by atomic mass is 32.2. The molecule has 3 aromatic rings. The highest BCUT2D eigenvalue weighted by Crippen LogP contribution is 2.44. The van der Waals surface area contributed by atoms with Crippen LogP contribution in [0.1, 0.15) is 21.5 Å². The zero-order valence-corrected chi connectivity index (χ0v) is 14.6. The SMILES string of the molecule is Cc1ccc(/C=C/C(=O)c2ccc3c(c2)Nc2ccccc2S3)cc1. The van der Waals surface area contributed by atoms with Crippen molar-refractivity contribution in [3.8, 4) is 0 Å². The van der Waals surface area contributed by atoms with Crippen LogP contribution in [0.2, 0.25) is 0 Å². The van der Waals surface area contributed by atoms with Gasteiger partial charge in [-0.05, 0) is 48.9 Å². The Morgan fingerprint density at radius 2 is 1.68 bits per heavy atom. The van der Waals surface area contributed by atoms with Gasteiger partial charge in [0, 0.05) is 15.4 Å². The molecule has 25 heavy (non-hydrogen) atoms. The molecule has 4 rings (SSSR count). The van der Waals surface area contributed by atoms with Crippen molar-refractivity contribution in [1.82, 2.24) is 0 Å². The van der Waals surface area contributed by atoms with Gasteiger partial charge >= 0.3 is 0 Å². The first-order chi connectivity index (χ1) is 12.2. The molecule has 3 aromatic carbocycles. The van der Waals surface area contributed by atoms with Gasteiger partial charge in [0.1, 0.15) is 0 Å². The Morgan fingerprint density at radius 3 is 2.52 bits per heavy atom. The summed E-state index contributed by atoms with van der Waals surface area (Å²) >= 11 is 1.72. The van der Waals surface area contributed by atoms with Gasteiger partial charge in [-0.2, -0.15) is 0 Å². The van der Waals surface area contributed by atoms with Crippen LogP contribution in [0.5, 0.6) is 0 Å². The fourth-order valence-electron chi connectivity index (χ4n) is 2.74. The summed E-state index contributed by atoms with van der Waals surface area (Å²) in [4.78, 5) is 14.8. The van der Waals surface area contributed by atoms with Gasteiger partial charge in [0.2, 0.25) is 0 Å². The molecule has 0 aromatic heterocycles. The van der Waals surface area contributed by atoms with Crippen LogP contribution >= 0.6 is 11.8 Å². The van der Waals surface area contributed by atoms with Gasteiger partial charge in [0.15, 0.2) is 5.78 Å². The quantitative estimate of drug-likeness (QED) is 0.360. The van der Waals surface area contributed by atoms with E-state index in [0.29, 0.717) is 5.56 Å². The van der Waals surface area contributed by atoms with Gasteiger partial charge in [0.05, 0.1) is 11.4 Å². The Labute approximate surface area is 151 Å². The molecule has 0 saturated heterocycles. The number of aryl methyl sites for hydroxylation is 1. The first-order valence-corrected chi connectivity index (χ1v) is 8.98. The smallest absolute Gasteiger partial charge is 0.185 e. The molecular formula is C22H17NOS. The second kappa shape index (κ2) is 6.61. The number of anilines is 2. The summed E-state index contributed by atoms with van der Waals surface area (Å²) in [7, 11) is 0. The summed E-state index contributed by atoms with van der Waals surface area (Å²) in [5, 5.41) is 3.42. The van der Waals surface area contributed by atoms with Crippen molar-refractivity contribution in [3.63, 3.8) is 0 Å². The predicted molar refractivity (Wildman–Crippen MR) is 105 cm³/mol. The molecule has 0 aliphatic carbocycles. The number of benzene rings is 3. The average molecular weight is 343 g/mol. The van der Waals surface area contributed by atoms with Crippen LogP contribution in [0.4, 0.5) is 11.4 Å². The van der Waals surface area contributed by atoms with Crippen molar-refractivity contribution in [2.24, 2.45) is 0 Å². The Morgan fingerprint density at radius 1 is 0.920 bits per heavy atom. The minimum atomic E-state index is 0.00836. The summed E-state index contributed by atoms with van der Waals surface area (Å²) in [6.45, 7) is 2.05. The van der Waals surface area contributed by atoms with Crippen LogP contribution in [-0.4, -0.2) is 5.78 Å². The topological polar surface area (TPSA) is 29.1 Å². The Balaban J connectivity index is 1.56. The number of carbonyl (C=O) groups excluding carboxylic acids is 1. The lowest BCUT2D eigenvalue weighted by molar-refractivity contribution is 0.104. The predicted octanol–water partition coefficient (Wildman–Crippen LogP) is 6.10. The van der Waals surface area contributed by atoms with Crippen LogP contribution < -0.4 is 5.32 Å². The Hall–Kier alpha value is -2.78. The number of hydrogen-bond acceptors (Lipinski definition) is 3. The van der Waals surface area contributed by atoms with Gasteiger partial charge in [0.25, 0.3) is 0 Å².